The SMILES string of the molecule is COc1ccc(CN(C(=O)c2cnc(N(C(=O)/C=C/CN3CCCC3)C3CCNCC3)s2)c2ccc(Cl)cc2)cc1. The Bertz CT molecular complexity index is 1330. The van der Waals surface area contributed by atoms with Crippen molar-refractivity contribution in [3.63, 3.8) is 0 Å². The van der Waals surface area contributed by atoms with Crippen molar-refractivity contribution in [1.29, 1.82) is 0 Å². The van der Waals surface area contributed by atoms with Crippen LogP contribution in [0, 0.1) is 0 Å². The molecule has 2 aromatic carbocycles. The third kappa shape index (κ3) is 7.54. The molecule has 2 aliphatic rings. The summed E-state index contributed by atoms with van der Waals surface area (Å²) in [5.74, 6) is 0.480. The predicted molar refractivity (Wildman–Crippen MR) is 165 cm³/mol. The van der Waals surface area contributed by atoms with Crippen LogP contribution in [0.3, 0.4) is 0 Å². The normalized spacial score (nSPS) is 16.2. The Morgan fingerprint density at radius 3 is 2.49 bits per heavy atom. The average Bonchev–Trinajstić information content (AvgIpc) is 3.70. The third-order valence-electron chi connectivity index (χ3n) is 7.53. The van der Waals surface area contributed by atoms with E-state index < -0.39 is 0 Å². The fraction of sp³-hybridized carbons (Fsp3) is 0.387. The molecule has 0 bridgehead atoms. The van der Waals surface area contributed by atoms with Crippen molar-refractivity contribution < 1.29 is 14.3 Å². The van der Waals surface area contributed by atoms with Crippen LogP contribution in [0.5, 0.6) is 5.75 Å². The van der Waals surface area contributed by atoms with Gasteiger partial charge in [-0.1, -0.05) is 41.1 Å². The fourth-order valence-corrected chi connectivity index (χ4v) is 6.33. The second-order valence-corrected chi connectivity index (χ2v) is 11.8. The molecule has 0 saturated carbocycles. The number of rotatable bonds is 10. The van der Waals surface area contributed by atoms with Crippen LogP contribution < -0.4 is 19.9 Å². The summed E-state index contributed by atoms with van der Waals surface area (Å²) < 4.78 is 5.29. The first-order chi connectivity index (χ1) is 20.0. The number of aromatic nitrogens is 1. The van der Waals surface area contributed by atoms with Crippen LogP contribution in [-0.2, 0) is 11.3 Å². The van der Waals surface area contributed by atoms with Crippen LogP contribution in [0.15, 0.2) is 66.9 Å². The lowest BCUT2D eigenvalue weighted by Crippen LogP contribution is -2.46. The Hall–Kier alpha value is -3.24. The molecule has 1 N–H and O–H groups in total. The number of benzene rings is 2. The summed E-state index contributed by atoms with van der Waals surface area (Å²) in [7, 11) is 1.63. The second kappa shape index (κ2) is 14.1. The van der Waals surface area contributed by atoms with E-state index in [-0.39, 0.29) is 17.9 Å². The van der Waals surface area contributed by atoms with Gasteiger partial charge in [0, 0.05) is 29.4 Å². The zero-order valence-corrected chi connectivity index (χ0v) is 24.9. The molecule has 0 spiro atoms. The average molecular weight is 594 g/mol. The number of carbonyl (C=O) groups is 2. The molecular formula is C31H36ClN5O3S. The maximum absolute atomic E-state index is 14.0. The lowest BCUT2D eigenvalue weighted by atomic mass is 10.1. The van der Waals surface area contributed by atoms with E-state index in [4.69, 9.17) is 16.3 Å². The molecule has 5 rings (SSSR count). The Labute approximate surface area is 250 Å². The van der Waals surface area contributed by atoms with Gasteiger partial charge in [0.2, 0.25) is 0 Å². The van der Waals surface area contributed by atoms with Crippen molar-refractivity contribution in [3.8, 4) is 5.75 Å². The highest BCUT2D eigenvalue weighted by atomic mass is 35.5. The molecule has 3 aromatic rings. The summed E-state index contributed by atoms with van der Waals surface area (Å²) in [6.07, 6.45) is 9.32. The maximum Gasteiger partial charge on any atom is 0.270 e. The minimum absolute atomic E-state index is 0.0287. The highest BCUT2D eigenvalue weighted by Crippen LogP contribution is 2.31. The minimum Gasteiger partial charge on any atom is -0.497 e. The van der Waals surface area contributed by atoms with E-state index >= 15 is 0 Å². The summed E-state index contributed by atoms with van der Waals surface area (Å²) >= 11 is 7.41. The topological polar surface area (TPSA) is 78.0 Å². The van der Waals surface area contributed by atoms with E-state index in [1.807, 2.05) is 42.5 Å². The number of methoxy groups -OCH3 is 1. The van der Waals surface area contributed by atoms with Crippen molar-refractivity contribution in [3.05, 3.63) is 82.3 Å². The van der Waals surface area contributed by atoms with Gasteiger partial charge >= 0.3 is 0 Å². The number of thiazole rings is 1. The number of likely N-dealkylation sites (tertiary alicyclic amines) is 1. The number of nitrogens with zero attached hydrogens (tertiary/aromatic N) is 4. The summed E-state index contributed by atoms with van der Waals surface area (Å²) in [4.78, 5) is 38.4. The minimum atomic E-state index is -0.186. The smallest absolute Gasteiger partial charge is 0.270 e. The molecule has 3 heterocycles. The lowest BCUT2D eigenvalue weighted by molar-refractivity contribution is -0.114. The van der Waals surface area contributed by atoms with E-state index in [2.05, 4.69) is 15.2 Å². The van der Waals surface area contributed by atoms with Crippen molar-refractivity contribution in [2.24, 2.45) is 0 Å². The maximum atomic E-state index is 14.0. The van der Waals surface area contributed by atoms with Crippen molar-refractivity contribution >= 4 is 45.6 Å². The van der Waals surface area contributed by atoms with E-state index in [1.165, 1.54) is 24.2 Å². The molecule has 0 atom stereocenters. The van der Waals surface area contributed by atoms with Crippen molar-refractivity contribution in [1.82, 2.24) is 15.2 Å². The van der Waals surface area contributed by atoms with Crippen LogP contribution in [0.4, 0.5) is 10.8 Å². The number of piperidine rings is 1. The number of amides is 2. The van der Waals surface area contributed by atoms with Gasteiger partial charge in [-0.25, -0.2) is 4.98 Å². The van der Waals surface area contributed by atoms with E-state index in [0.717, 1.165) is 62.6 Å². The number of hydrogen-bond donors (Lipinski definition) is 1. The van der Waals surface area contributed by atoms with Crippen LogP contribution in [-0.4, -0.2) is 67.6 Å². The highest BCUT2D eigenvalue weighted by molar-refractivity contribution is 7.17. The van der Waals surface area contributed by atoms with Gasteiger partial charge < -0.3 is 15.0 Å². The first-order valence-corrected chi connectivity index (χ1v) is 15.3. The van der Waals surface area contributed by atoms with Gasteiger partial charge in [0.25, 0.3) is 11.8 Å². The van der Waals surface area contributed by atoms with Crippen molar-refractivity contribution in [2.75, 3.05) is 49.6 Å². The van der Waals surface area contributed by atoms with Gasteiger partial charge in [-0.3, -0.25) is 19.4 Å². The summed E-state index contributed by atoms with van der Waals surface area (Å²) in [6, 6.07) is 14.9. The Balaban J connectivity index is 1.39. The molecule has 0 aliphatic carbocycles. The highest BCUT2D eigenvalue weighted by Gasteiger charge is 2.30. The molecule has 0 unspecified atom stereocenters. The molecule has 1 aromatic heterocycles. The predicted octanol–water partition coefficient (Wildman–Crippen LogP) is 5.39. The molecule has 10 heteroatoms. The largest absolute Gasteiger partial charge is 0.497 e. The molecule has 0 radical (unpaired) electrons. The van der Waals surface area contributed by atoms with Gasteiger partial charge in [-0.2, -0.15) is 0 Å². The Kier molecular flexibility index (Phi) is 10.1. The zero-order valence-electron chi connectivity index (χ0n) is 23.3. The number of nitrogens with one attached hydrogen (secondary N) is 1. The molecular weight excluding hydrogens is 558 g/mol. The van der Waals surface area contributed by atoms with Crippen molar-refractivity contribution in [2.45, 2.75) is 38.3 Å². The summed E-state index contributed by atoms with van der Waals surface area (Å²) in [6.45, 7) is 4.97. The Morgan fingerprint density at radius 2 is 1.80 bits per heavy atom. The van der Waals surface area contributed by atoms with Crippen LogP contribution in [0.1, 0.15) is 40.9 Å². The monoisotopic (exact) mass is 593 g/mol. The number of ether oxygens (including phenoxy) is 1. The molecule has 2 saturated heterocycles. The molecule has 2 fully saturated rings. The fourth-order valence-electron chi connectivity index (χ4n) is 5.27. The second-order valence-electron chi connectivity index (χ2n) is 10.3. The van der Waals surface area contributed by atoms with Crippen LogP contribution >= 0.6 is 22.9 Å². The Morgan fingerprint density at radius 1 is 1.10 bits per heavy atom. The standard InChI is InChI=1S/C31H36ClN5O3S/c1-40-27-12-6-23(7-13-27)22-36(25-10-8-24(32)9-11-25)30(39)28-21-34-31(41-28)37(26-14-16-33-17-15-26)29(38)5-4-20-35-18-2-3-19-35/h4-13,21,26,33H,2-3,14-20,22H2,1H3/b5-4+. The molecule has 2 aliphatic heterocycles. The van der Waals surface area contributed by atoms with Gasteiger partial charge in [-0.05, 0) is 93.8 Å². The summed E-state index contributed by atoms with van der Waals surface area (Å²) in [5, 5.41) is 4.52. The third-order valence-corrected chi connectivity index (χ3v) is 8.76. The molecule has 41 heavy (non-hydrogen) atoms. The van der Waals surface area contributed by atoms with E-state index in [0.29, 0.717) is 21.6 Å². The molecule has 2 amide bonds. The lowest BCUT2D eigenvalue weighted by Gasteiger charge is -2.32. The van der Waals surface area contributed by atoms with Gasteiger partial charge in [0.05, 0.1) is 19.9 Å². The molecule has 216 valence electrons. The first kappa shape index (κ1) is 29.3. The number of halogens is 1. The zero-order chi connectivity index (χ0) is 28.6. The molecule has 8 nitrogen and oxygen atoms in total. The van der Waals surface area contributed by atoms with Gasteiger partial charge in [-0.15, -0.1) is 0 Å². The van der Waals surface area contributed by atoms with Crippen LogP contribution in [0.2, 0.25) is 5.02 Å². The van der Waals surface area contributed by atoms with E-state index in [9.17, 15) is 9.59 Å². The number of carbonyl (C=O) groups excluding carboxylic acids is 2. The first-order valence-electron chi connectivity index (χ1n) is 14.1. The number of hydrogen-bond acceptors (Lipinski definition) is 7. The quantitative estimate of drug-likeness (QED) is 0.318. The summed E-state index contributed by atoms with van der Waals surface area (Å²) in [5.41, 5.74) is 1.68. The van der Waals surface area contributed by atoms with E-state index in [1.54, 1.807) is 41.3 Å². The van der Waals surface area contributed by atoms with Gasteiger partial charge in [0.1, 0.15) is 10.6 Å². The van der Waals surface area contributed by atoms with Gasteiger partial charge in [0.15, 0.2) is 5.13 Å². The van der Waals surface area contributed by atoms with Crippen LogP contribution in [0.25, 0.3) is 0 Å². The number of anilines is 2.